The number of benzene rings is 1. The molecule has 0 bridgehead atoms. The average molecular weight is 226 g/mol. The number of terminal acetylenes is 1. The Morgan fingerprint density at radius 2 is 1.50 bits per heavy atom. The Morgan fingerprint density at radius 1 is 1.06 bits per heavy atom. The number of rotatable bonds is 1. The van der Waals surface area contributed by atoms with Crippen molar-refractivity contribution < 1.29 is 8.78 Å². The summed E-state index contributed by atoms with van der Waals surface area (Å²) in [7, 11) is 0. The monoisotopic (exact) mass is 226 g/mol. The van der Waals surface area contributed by atoms with E-state index in [0.29, 0.717) is 0 Å². The molecular weight excluding hydrogens is 206 g/mol. The summed E-state index contributed by atoms with van der Waals surface area (Å²) in [4.78, 5) is 0. The van der Waals surface area contributed by atoms with E-state index in [0.717, 1.165) is 24.0 Å². The van der Waals surface area contributed by atoms with Crippen LogP contribution in [0.3, 0.4) is 0 Å². The van der Waals surface area contributed by atoms with Crippen LogP contribution in [0.4, 0.5) is 8.78 Å². The molecule has 0 amide bonds. The van der Waals surface area contributed by atoms with Crippen LogP contribution in [0, 0.1) is 30.4 Å². The van der Waals surface area contributed by atoms with Gasteiger partial charge in [0.15, 0.2) is 11.6 Å². The smallest absolute Gasteiger partial charge is 0.159 e. The van der Waals surface area contributed by atoms with Crippen LogP contribution >= 0.6 is 0 Å². The van der Waals surface area contributed by atoms with Crippen molar-refractivity contribution in [2.75, 3.05) is 0 Å². The predicted octanol–water partition coefficient (Wildman–Crippen LogP) is 4.44. The summed E-state index contributed by atoms with van der Waals surface area (Å²) in [6.07, 6.45) is 8.73. The molecule has 0 aliphatic rings. The van der Waals surface area contributed by atoms with E-state index in [4.69, 9.17) is 0 Å². The van der Waals surface area contributed by atoms with Gasteiger partial charge in [0, 0.05) is 0 Å². The zero-order chi connectivity index (χ0) is 13.1. The summed E-state index contributed by atoms with van der Waals surface area (Å²) < 4.78 is 24.7. The van der Waals surface area contributed by atoms with Crippen molar-refractivity contribution in [1.29, 1.82) is 0 Å². The van der Waals surface area contributed by atoms with Crippen LogP contribution in [-0.2, 0) is 6.42 Å². The molecule has 1 aromatic rings. The zero-order valence-corrected chi connectivity index (χ0v) is 10.4. The van der Waals surface area contributed by atoms with Gasteiger partial charge in [-0.1, -0.05) is 33.8 Å². The molecule has 0 atom stereocenters. The normalized spacial score (nSPS) is 8.56. The first-order valence-electron chi connectivity index (χ1n) is 5.24. The zero-order valence-electron chi connectivity index (χ0n) is 10.4. The molecule has 0 saturated heterocycles. The summed E-state index contributed by atoms with van der Waals surface area (Å²) in [6, 6.07) is 3.95. The van der Waals surface area contributed by atoms with Gasteiger partial charge in [-0.15, -0.1) is 12.8 Å². The number of hydrogen-bond acceptors (Lipinski definition) is 0. The van der Waals surface area contributed by atoms with Crippen LogP contribution in [0.5, 0.6) is 0 Å². The van der Waals surface area contributed by atoms with Crippen LogP contribution in [0.2, 0.25) is 0 Å². The van der Waals surface area contributed by atoms with Gasteiger partial charge in [0.1, 0.15) is 0 Å². The highest BCUT2D eigenvalue weighted by atomic mass is 19.2. The standard InChI is InChI=1S/C8H8F2.C4H10.C2H2/c1-2-6-3-4-7(9)8(10)5-6;1-4(2)3;1-2/h3-5H,2H2,1H3;4H,1-3H3;1-2H. The second-order valence-electron chi connectivity index (χ2n) is 3.83. The fraction of sp³-hybridized carbons (Fsp3) is 0.429. The minimum absolute atomic E-state index is 0.733. The minimum atomic E-state index is -0.780. The third-order valence-electron chi connectivity index (χ3n) is 1.39. The van der Waals surface area contributed by atoms with Crippen LogP contribution in [-0.4, -0.2) is 0 Å². The SMILES string of the molecule is C#C.CC(C)C.CCc1ccc(F)c(F)c1. The maximum Gasteiger partial charge on any atom is 0.159 e. The van der Waals surface area contributed by atoms with Gasteiger partial charge < -0.3 is 0 Å². The highest BCUT2D eigenvalue weighted by Crippen LogP contribution is 2.08. The summed E-state index contributed by atoms with van der Waals surface area (Å²) in [5.74, 6) is -0.712. The van der Waals surface area contributed by atoms with Crippen molar-refractivity contribution in [2.45, 2.75) is 34.1 Å². The summed E-state index contributed by atoms with van der Waals surface area (Å²) in [5, 5.41) is 0. The van der Waals surface area contributed by atoms with Gasteiger partial charge in [0.25, 0.3) is 0 Å². The van der Waals surface area contributed by atoms with Gasteiger partial charge in [0.05, 0.1) is 0 Å². The fourth-order valence-electron chi connectivity index (χ4n) is 0.760. The largest absolute Gasteiger partial charge is 0.204 e. The van der Waals surface area contributed by atoms with Gasteiger partial charge >= 0.3 is 0 Å². The molecule has 0 fully saturated rings. The molecule has 0 saturated carbocycles. The lowest BCUT2D eigenvalue weighted by atomic mass is 10.2. The molecule has 0 spiro atoms. The molecule has 16 heavy (non-hydrogen) atoms. The van der Waals surface area contributed by atoms with Gasteiger partial charge in [-0.3, -0.25) is 0 Å². The van der Waals surface area contributed by atoms with Crippen LogP contribution in [0.1, 0.15) is 33.3 Å². The molecule has 0 aromatic heterocycles. The van der Waals surface area contributed by atoms with E-state index in [2.05, 4.69) is 33.6 Å². The van der Waals surface area contributed by atoms with Crippen molar-refractivity contribution in [3.63, 3.8) is 0 Å². The van der Waals surface area contributed by atoms with E-state index >= 15 is 0 Å². The summed E-state index contributed by atoms with van der Waals surface area (Å²) >= 11 is 0. The van der Waals surface area contributed by atoms with E-state index in [9.17, 15) is 8.78 Å². The molecular formula is C14H20F2. The topological polar surface area (TPSA) is 0 Å². The number of aryl methyl sites for hydroxylation is 1. The Morgan fingerprint density at radius 3 is 1.81 bits per heavy atom. The highest BCUT2D eigenvalue weighted by Gasteiger charge is 1.99. The van der Waals surface area contributed by atoms with Crippen LogP contribution in [0.15, 0.2) is 18.2 Å². The molecule has 90 valence electrons. The van der Waals surface area contributed by atoms with Crippen LogP contribution in [0.25, 0.3) is 0 Å². The third-order valence-corrected chi connectivity index (χ3v) is 1.39. The first-order chi connectivity index (χ1) is 7.47. The fourth-order valence-corrected chi connectivity index (χ4v) is 0.760. The first kappa shape index (κ1) is 17.0. The number of halogens is 2. The first-order valence-corrected chi connectivity index (χ1v) is 5.24. The van der Waals surface area contributed by atoms with Crippen molar-refractivity contribution in [2.24, 2.45) is 5.92 Å². The molecule has 0 unspecified atom stereocenters. The summed E-state index contributed by atoms with van der Waals surface area (Å²) in [6.45, 7) is 8.40. The van der Waals surface area contributed by atoms with Crippen molar-refractivity contribution >= 4 is 0 Å². The Hall–Kier alpha value is -1.36. The lowest BCUT2D eigenvalue weighted by molar-refractivity contribution is 0.507. The van der Waals surface area contributed by atoms with E-state index in [1.165, 1.54) is 6.07 Å². The molecule has 1 rings (SSSR count). The minimum Gasteiger partial charge on any atom is -0.204 e. The average Bonchev–Trinajstić information content (AvgIpc) is 2.24. The van der Waals surface area contributed by atoms with E-state index in [1.54, 1.807) is 6.07 Å². The van der Waals surface area contributed by atoms with Crippen LogP contribution < -0.4 is 0 Å². The molecule has 0 nitrogen and oxygen atoms in total. The molecule has 0 radical (unpaired) electrons. The van der Waals surface area contributed by atoms with E-state index in [1.807, 2.05) is 6.92 Å². The van der Waals surface area contributed by atoms with Gasteiger partial charge in [0.2, 0.25) is 0 Å². The summed E-state index contributed by atoms with van der Waals surface area (Å²) in [5.41, 5.74) is 0.818. The molecule has 2 heteroatoms. The maximum atomic E-state index is 12.4. The molecule has 0 N–H and O–H groups in total. The van der Waals surface area contributed by atoms with Gasteiger partial charge in [-0.25, -0.2) is 8.78 Å². The Kier molecular flexibility index (Phi) is 10.8. The predicted molar refractivity (Wildman–Crippen MR) is 66.1 cm³/mol. The van der Waals surface area contributed by atoms with Crippen molar-refractivity contribution in [1.82, 2.24) is 0 Å². The lowest BCUT2D eigenvalue weighted by Gasteiger charge is -1.95. The third kappa shape index (κ3) is 9.21. The second-order valence-corrected chi connectivity index (χ2v) is 3.83. The van der Waals surface area contributed by atoms with E-state index < -0.39 is 11.6 Å². The second kappa shape index (κ2) is 10.2. The lowest BCUT2D eigenvalue weighted by Crippen LogP contribution is -1.86. The van der Waals surface area contributed by atoms with Gasteiger partial charge in [-0.2, -0.15) is 0 Å². The van der Waals surface area contributed by atoms with Crippen molar-refractivity contribution in [3.8, 4) is 12.8 Å². The molecule has 1 aromatic carbocycles. The molecule has 0 heterocycles. The highest BCUT2D eigenvalue weighted by molar-refractivity contribution is 5.17. The molecule has 0 aliphatic carbocycles. The quantitative estimate of drug-likeness (QED) is 0.621. The maximum absolute atomic E-state index is 12.4. The molecule has 0 aliphatic heterocycles. The Labute approximate surface area is 97.7 Å². The number of hydrogen-bond donors (Lipinski definition) is 0. The Bertz CT molecular complexity index is 298. The van der Waals surface area contributed by atoms with Gasteiger partial charge in [-0.05, 0) is 30.0 Å². The Balaban J connectivity index is 0. The van der Waals surface area contributed by atoms with Crippen molar-refractivity contribution in [3.05, 3.63) is 35.4 Å². The van der Waals surface area contributed by atoms with E-state index in [-0.39, 0.29) is 0 Å².